The molecule has 0 aliphatic rings. The molecule has 0 aliphatic carbocycles. The number of ether oxygens (including phenoxy) is 2. The van der Waals surface area contributed by atoms with Gasteiger partial charge in [-0.3, -0.25) is 9.59 Å². The van der Waals surface area contributed by atoms with Crippen molar-refractivity contribution >= 4 is 11.9 Å². The van der Waals surface area contributed by atoms with Crippen LogP contribution in [0.2, 0.25) is 0 Å². The number of methoxy groups -OCH3 is 1. The molecule has 1 rings (SSSR count). The minimum Gasteiger partial charge on any atom is -0.426 e. The predicted molar refractivity (Wildman–Crippen MR) is 101 cm³/mol. The Labute approximate surface area is 150 Å². The number of carbonyl (C=O) groups excluding carboxylic acids is 2. The van der Waals surface area contributed by atoms with Crippen molar-refractivity contribution in [2.75, 3.05) is 33.9 Å². The van der Waals surface area contributed by atoms with Gasteiger partial charge in [0.25, 0.3) is 5.91 Å². The van der Waals surface area contributed by atoms with Gasteiger partial charge in [0.2, 0.25) is 0 Å². The Morgan fingerprint density at radius 1 is 1.24 bits per heavy atom. The molecule has 1 amide bonds. The quantitative estimate of drug-likeness (QED) is 0.370. The van der Waals surface area contributed by atoms with Crippen LogP contribution in [0.25, 0.3) is 0 Å². The highest BCUT2D eigenvalue weighted by Crippen LogP contribution is 2.13. The first-order chi connectivity index (χ1) is 12.1. The third-order valence-corrected chi connectivity index (χ3v) is 2.56. The zero-order valence-corrected chi connectivity index (χ0v) is 15.4. The second-order valence-electron chi connectivity index (χ2n) is 4.52. The minimum absolute atomic E-state index is 0.126. The number of nitrogens with one attached hydrogen (secondary N) is 1. The number of carbonyl (C=O) groups is 2. The van der Waals surface area contributed by atoms with Gasteiger partial charge >= 0.3 is 5.97 Å². The Morgan fingerprint density at radius 3 is 2.24 bits per heavy atom. The van der Waals surface area contributed by atoms with Crippen LogP contribution >= 0.6 is 0 Å². The van der Waals surface area contributed by atoms with E-state index in [0.717, 1.165) is 6.42 Å². The summed E-state index contributed by atoms with van der Waals surface area (Å²) in [6.07, 6.45) is 2.75. The molecule has 7 heteroatoms. The van der Waals surface area contributed by atoms with Crippen molar-refractivity contribution in [2.24, 2.45) is 11.5 Å². The molecule has 1 aromatic carbocycles. The summed E-state index contributed by atoms with van der Waals surface area (Å²) in [7, 11) is 3.02. The lowest BCUT2D eigenvalue weighted by Crippen LogP contribution is -2.23. The average molecular weight is 353 g/mol. The third kappa shape index (κ3) is 13.9. The molecule has 0 bridgehead atoms. The van der Waals surface area contributed by atoms with E-state index in [0.29, 0.717) is 31.0 Å². The van der Waals surface area contributed by atoms with Gasteiger partial charge < -0.3 is 26.3 Å². The molecule has 142 valence electrons. The topological polar surface area (TPSA) is 117 Å². The van der Waals surface area contributed by atoms with Gasteiger partial charge in [0.1, 0.15) is 5.75 Å². The van der Waals surface area contributed by atoms with Crippen LogP contribution in [0.4, 0.5) is 0 Å². The van der Waals surface area contributed by atoms with Crippen LogP contribution < -0.4 is 21.5 Å². The van der Waals surface area contributed by atoms with Crippen molar-refractivity contribution in [1.29, 1.82) is 0 Å². The Morgan fingerprint density at radius 2 is 1.80 bits per heavy atom. The highest BCUT2D eigenvalue weighted by Gasteiger charge is 2.07. The van der Waals surface area contributed by atoms with E-state index in [4.69, 9.17) is 15.2 Å². The van der Waals surface area contributed by atoms with E-state index in [1.54, 1.807) is 30.3 Å². The fourth-order valence-electron chi connectivity index (χ4n) is 1.38. The van der Waals surface area contributed by atoms with E-state index in [2.05, 4.69) is 17.6 Å². The Bertz CT molecular complexity index is 476. The van der Waals surface area contributed by atoms with Gasteiger partial charge in [0.15, 0.2) is 0 Å². The molecular formula is C18H31N3O4. The van der Waals surface area contributed by atoms with Crippen LogP contribution in [0.15, 0.2) is 36.9 Å². The number of amides is 1. The monoisotopic (exact) mass is 353 g/mol. The highest BCUT2D eigenvalue weighted by molar-refractivity contribution is 5.94. The first-order valence-corrected chi connectivity index (χ1v) is 8.05. The van der Waals surface area contributed by atoms with Gasteiger partial charge in [-0.25, -0.2) is 0 Å². The Hall–Kier alpha value is -2.22. The van der Waals surface area contributed by atoms with Gasteiger partial charge in [-0.1, -0.05) is 13.0 Å². The summed E-state index contributed by atoms with van der Waals surface area (Å²) in [5.41, 5.74) is 9.96. The van der Waals surface area contributed by atoms with E-state index in [-0.39, 0.29) is 18.3 Å². The van der Waals surface area contributed by atoms with Crippen molar-refractivity contribution in [2.45, 2.75) is 19.8 Å². The molecule has 1 aromatic rings. The second-order valence-corrected chi connectivity index (χ2v) is 4.52. The molecular weight excluding hydrogens is 322 g/mol. The molecule has 5 N–H and O–H groups in total. The van der Waals surface area contributed by atoms with Crippen molar-refractivity contribution in [3.05, 3.63) is 42.5 Å². The second kappa shape index (κ2) is 18.1. The zero-order chi connectivity index (χ0) is 19.5. The normalized spacial score (nSPS) is 8.84. The number of nitrogens with two attached hydrogens (primary N) is 2. The molecule has 0 saturated carbocycles. The third-order valence-electron chi connectivity index (χ3n) is 2.56. The SMILES string of the molecule is C=CCN.CCCNC(=O)c1ccc(OC(=O)CCOC)cc1.CN. The number of hydrogen-bond acceptors (Lipinski definition) is 6. The maximum Gasteiger partial charge on any atom is 0.313 e. The van der Waals surface area contributed by atoms with E-state index in [9.17, 15) is 9.59 Å². The number of benzene rings is 1. The van der Waals surface area contributed by atoms with Gasteiger partial charge in [-0.05, 0) is 37.7 Å². The molecule has 25 heavy (non-hydrogen) atoms. The standard InChI is InChI=1S/C14H19NO4.C3H7N.CH5N/c1-3-9-15-14(17)11-4-6-12(7-5-11)19-13(16)8-10-18-2;1-2-3-4;1-2/h4-7H,3,8-10H2,1-2H3,(H,15,17);2H,1,3-4H2;2H2,1H3. The number of esters is 1. The van der Waals surface area contributed by atoms with Crippen molar-refractivity contribution < 1.29 is 19.1 Å². The molecule has 0 saturated heterocycles. The summed E-state index contributed by atoms with van der Waals surface area (Å²) < 4.78 is 9.87. The number of hydrogen-bond donors (Lipinski definition) is 3. The van der Waals surface area contributed by atoms with Crippen LogP contribution in [-0.2, 0) is 9.53 Å². The summed E-state index contributed by atoms with van der Waals surface area (Å²) in [5.74, 6) is -0.0581. The lowest BCUT2D eigenvalue weighted by Gasteiger charge is -2.06. The molecule has 7 nitrogen and oxygen atoms in total. The summed E-state index contributed by atoms with van der Waals surface area (Å²) in [6, 6.07) is 6.46. The zero-order valence-electron chi connectivity index (χ0n) is 15.4. The average Bonchev–Trinajstić information content (AvgIpc) is 2.66. The van der Waals surface area contributed by atoms with E-state index in [1.807, 2.05) is 6.92 Å². The molecule has 0 aromatic heterocycles. The van der Waals surface area contributed by atoms with Crippen LogP contribution in [-0.4, -0.2) is 45.7 Å². The van der Waals surface area contributed by atoms with Gasteiger partial charge in [0, 0.05) is 25.8 Å². The Balaban J connectivity index is 0. The van der Waals surface area contributed by atoms with Crippen LogP contribution in [0.5, 0.6) is 5.75 Å². The van der Waals surface area contributed by atoms with Gasteiger partial charge in [-0.15, -0.1) is 6.58 Å². The fourth-order valence-corrected chi connectivity index (χ4v) is 1.38. The molecule has 0 aliphatic heterocycles. The van der Waals surface area contributed by atoms with Crippen molar-refractivity contribution in [3.63, 3.8) is 0 Å². The lowest BCUT2D eigenvalue weighted by atomic mass is 10.2. The minimum atomic E-state index is -0.356. The summed E-state index contributed by atoms with van der Waals surface area (Å²) >= 11 is 0. The lowest BCUT2D eigenvalue weighted by molar-refractivity contribution is -0.135. The summed E-state index contributed by atoms with van der Waals surface area (Å²) in [6.45, 7) is 6.90. The summed E-state index contributed by atoms with van der Waals surface area (Å²) in [5, 5.41) is 2.77. The smallest absolute Gasteiger partial charge is 0.313 e. The first kappa shape index (κ1) is 25.0. The predicted octanol–water partition coefficient (Wildman–Crippen LogP) is 1.47. The first-order valence-electron chi connectivity index (χ1n) is 8.05. The van der Waals surface area contributed by atoms with Crippen LogP contribution in [0.1, 0.15) is 30.1 Å². The highest BCUT2D eigenvalue weighted by atomic mass is 16.5. The largest absolute Gasteiger partial charge is 0.426 e. The molecule has 0 fully saturated rings. The van der Waals surface area contributed by atoms with E-state index in [1.165, 1.54) is 14.2 Å². The van der Waals surface area contributed by atoms with E-state index < -0.39 is 0 Å². The molecule has 0 spiro atoms. The maximum atomic E-state index is 11.6. The van der Waals surface area contributed by atoms with E-state index >= 15 is 0 Å². The van der Waals surface area contributed by atoms with Crippen molar-refractivity contribution in [3.8, 4) is 5.75 Å². The number of rotatable bonds is 8. The molecule has 0 heterocycles. The summed E-state index contributed by atoms with van der Waals surface area (Å²) in [4.78, 5) is 23.0. The molecule has 0 unspecified atom stereocenters. The maximum absolute atomic E-state index is 11.6. The van der Waals surface area contributed by atoms with Gasteiger partial charge in [-0.2, -0.15) is 0 Å². The molecule has 0 radical (unpaired) electrons. The van der Waals surface area contributed by atoms with Crippen LogP contribution in [0, 0.1) is 0 Å². The fraction of sp³-hybridized carbons (Fsp3) is 0.444. The van der Waals surface area contributed by atoms with Crippen molar-refractivity contribution in [1.82, 2.24) is 5.32 Å². The van der Waals surface area contributed by atoms with Crippen LogP contribution in [0.3, 0.4) is 0 Å². The molecule has 0 atom stereocenters. The van der Waals surface area contributed by atoms with Gasteiger partial charge in [0.05, 0.1) is 13.0 Å². The Kier molecular flexibility index (Phi) is 18.1.